The number of hydrogen-bond donors (Lipinski definition) is 1. The lowest BCUT2D eigenvalue weighted by molar-refractivity contribution is -0.138. The summed E-state index contributed by atoms with van der Waals surface area (Å²) in [6.07, 6.45) is -4.62. The van der Waals surface area contributed by atoms with Crippen LogP contribution in [0.1, 0.15) is 23.8 Å². The summed E-state index contributed by atoms with van der Waals surface area (Å²) in [5.41, 5.74) is 0. The highest BCUT2D eigenvalue weighted by Crippen LogP contribution is 2.33. The molecule has 2 nitrogen and oxygen atoms in total. The SMILES string of the molecule is FC(F)(F)CC[C@@H](c1cccs1)N1CCNCC1. The van der Waals surface area contributed by atoms with Crippen molar-refractivity contribution >= 4 is 11.3 Å². The van der Waals surface area contributed by atoms with Crippen molar-refractivity contribution in [2.24, 2.45) is 0 Å². The summed E-state index contributed by atoms with van der Waals surface area (Å²) in [5, 5.41) is 5.16. The molecular weight excluding hydrogens is 261 g/mol. The molecule has 6 heteroatoms. The van der Waals surface area contributed by atoms with Crippen LogP contribution in [-0.2, 0) is 0 Å². The summed E-state index contributed by atoms with van der Waals surface area (Å²) < 4.78 is 37.2. The molecule has 2 rings (SSSR count). The van der Waals surface area contributed by atoms with Gasteiger partial charge in [0.25, 0.3) is 0 Å². The zero-order valence-corrected chi connectivity index (χ0v) is 10.9. The van der Waals surface area contributed by atoms with Gasteiger partial charge < -0.3 is 5.32 Å². The standard InChI is InChI=1S/C12H17F3N2S/c13-12(14,15)4-3-10(11-2-1-9-18-11)17-7-5-16-6-8-17/h1-2,9-10,16H,3-8H2/t10-/m0/s1. The van der Waals surface area contributed by atoms with Crippen molar-refractivity contribution in [2.45, 2.75) is 25.1 Å². The smallest absolute Gasteiger partial charge is 0.314 e. The third kappa shape index (κ3) is 3.96. The Morgan fingerprint density at radius 2 is 2.06 bits per heavy atom. The number of rotatable bonds is 4. The Morgan fingerprint density at radius 3 is 2.61 bits per heavy atom. The average Bonchev–Trinajstić information content (AvgIpc) is 2.83. The highest BCUT2D eigenvalue weighted by molar-refractivity contribution is 7.10. The van der Waals surface area contributed by atoms with Crippen LogP contribution < -0.4 is 5.32 Å². The van der Waals surface area contributed by atoms with Crippen molar-refractivity contribution in [2.75, 3.05) is 26.2 Å². The molecule has 0 amide bonds. The van der Waals surface area contributed by atoms with Crippen molar-refractivity contribution in [1.82, 2.24) is 10.2 Å². The van der Waals surface area contributed by atoms with Gasteiger partial charge >= 0.3 is 6.18 Å². The molecule has 0 spiro atoms. The molecule has 1 N–H and O–H groups in total. The van der Waals surface area contributed by atoms with E-state index >= 15 is 0 Å². The van der Waals surface area contributed by atoms with Crippen LogP contribution in [0.25, 0.3) is 0 Å². The van der Waals surface area contributed by atoms with Crippen LogP contribution in [-0.4, -0.2) is 37.3 Å². The van der Waals surface area contributed by atoms with Crippen molar-refractivity contribution < 1.29 is 13.2 Å². The first-order valence-electron chi connectivity index (χ1n) is 6.11. The maximum Gasteiger partial charge on any atom is 0.389 e. The van der Waals surface area contributed by atoms with Crippen molar-refractivity contribution in [1.29, 1.82) is 0 Å². The van der Waals surface area contributed by atoms with Crippen LogP contribution in [0.5, 0.6) is 0 Å². The van der Waals surface area contributed by atoms with Gasteiger partial charge in [0.2, 0.25) is 0 Å². The van der Waals surface area contributed by atoms with Gasteiger partial charge in [-0.25, -0.2) is 0 Å². The Bertz CT molecular complexity index is 345. The molecule has 1 saturated heterocycles. The number of thiophene rings is 1. The maximum atomic E-state index is 12.4. The molecule has 1 fully saturated rings. The zero-order valence-electron chi connectivity index (χ0n) is 10.0. The molecule has 1 aromatic rings. The van der Waals surface area contributed by atoms with E-state index < -0.39 is 12.6 Å². The summed E-state index contributed by atoms with van der Waals surface area (Å²) in [6, 6.07) is 3.75. The fourth-order valence-corrected chi connectivity index (χ4v) is 3.18. The molecular formula is C12H17F3N2S. The molecule has 1 atom stereocenters. The van der Waals surface area contributed by atoms with Crippen molar-refractivity contribution in [3.05, 3.63) is 22.4 Å². The van der Waals surface area contributed by atoms with E-state index in [-0.39, 0.29) is 12.5 Å². The minimum Gasteiger partial charge on any atom is -0.314 e. The molecule has 0 radical (unpaired) electrons. The average molecular weight is 278 g/mol. The normalized spacial score (nSPS) is 19.9. The Labute approximate surface area is 109 Å². The summed E-state index contributed by atoms with van der Waals surface area (Å²) in [5.74, 6) is 0. The molecule has 0 bridgehead atoms. The summed E-state index contributed by atoms with van der Waals surface area (Å²) in [4.78, 5) is 3.20. The topological polar surface area (TPSA) is 15.3 Å². The highest BCUT2D eigenvalue weighted by Gasteiger charge is 2.31. The number of hydrogen-bond acceptors (Lipinski definition) is 3. The van der Waals surface area contributed by atoms with Crippen LogP contribution in [0.2, 0.25) is 0 Å². The highest BCUT2D eigenvalue weighted by atomic mass is 32.1. The van der Waals surface area contributed by atoms with Crippen molar-refractivity contribution in [3.63, 3.8) is 0 Å². The molecule has 0 saturated carbocycles. The fraction of sp³-hybridized carbons (Fsp3) is 0.667. The largest absolute Gasteiger partial charge is 0.389 e. The predicted molar refractivity (Wildman–Crippen MR) is 66.8 cm³/mol. The van der Waals surface area contributed by atoms with Gasteiger partial charge in [-0.1, -0.05) is 6.07 Å². The molecule has 1 aliphatic rings. The van der Waals surface area contributed by atoms with E-state index in [1.807, 2.05) is 17.5 Å². The molecule has 1 aromatic heterocycles. The molecule has 0 aromatic carbocycles. The Kier molecular flexibility index (Phi) is 4.64. The number of nitrogens with one attached hydrogen (secondary N) is 1. The summed E-state index contributed by atoms with van der Waals surface area (Å²) >= 11 is 1.55. The van der Waals surface area contributed by atoms with Gasteiger partial charge in [0.05, 0.1) is 0 Å². The van der Waals surface area contributed by atoms with Gasteiger partial charge in [-0.15, -0.1) is 11.3 Å². The zero-order chi connectivity index (χ0) is 13.0. The second-order valence-electron chi connectivity index (χ2n) is 4.47. The first kappa shape index (κ1) is 13.8. The van der Waals surface area contributed by atoms with Gasteiger partial charge in [-0.3, -0.25) is 4.90 Å². The lowest BCUT2D eigenvalue weighted by Crippen LogP contribution is -2.45. The van der Waals surface area contributed by atoms with Crippen molar-refractivity contribution in [3.8, 4) is 0 Å². The minimum absolute atomic E-state index is 0.0891. The summed E-state index contributed by atoms with van der Waals surface area (Å²) in [7, 11) is 0. The number of piperazine rings is 1. The quantitative estimate of drug-likeness (QED) is 0.910. The Hall–Kier alpha value is -0.590. The Morgan fingerprint density at radius 1 is 1.33 bits per heavy atom. The predicted octanol–water partition coefficient (Wildman–Crippen LogP) is 3.04. The van der Waals surface area contributed by atoms with Crippen LogP contribution in [0.4, 0.5) is 13.2 Å². The molecule has 0 unspecified atom stereocenters. The van der Waals surface area contributed by atoms with Crippen LogP contribution >= 0.6 is 11.3 Å². The second-order valence-corrected chi connectivity index (χ2v) is 5.45. The minimum atomic E-state index is -4.07. The van der Waals surface area contributed by atoms with E-state index in [2.05, 4.69) is 10.2 Å². The first-order valence-corrected chi connectivity index (χ1v) is 6.99. The molecule has 18 heavy (non-hydrogen) atoms. The maximum absolute atomic E-state index is 12.4. The number of nitrogens with zero attached hydrogens (tertiary/aromatic N) is 1. The van der Waals surface area contributed by atoms with Crippen LogP contribution in [0.3, 0.4) is 0 Å². The first-order chi connectivity index (χ1) is 8.56. The van der Waals surface area contributed by atoms with Crippen LogP contribution in [0.15, 0.2) is 17.5 Å². The third-order valence-electron chi connectivity index (χ3n) is 3.17. The third-order valence-corrected chi connectivity index (χ3v) is 4.14. The van der Waals surface area contributed by atoms with Gasteiger partial charge in [0.15, 0.2) is 0 Å². The lowest BCUT2D eigenvalue weighted by Gasteiger charge is -2.34. The van der Waals surface area contributed by atoms with Gasteiger partial charge in [-0.2, -0.15) is 13.2 Å². The van der Waals surface area contributed by atoms with Gasteiger partial charge in [-0.05, 0) is 17.9 Å². The molecule has 0 aliphatic carbocycles. The van der Waals surface area contributed by atoms with E-state index in [0.29, 0.717) is 0 Å². The monoisotopic (exact) mass is 278 g/mol. The van der Waals surface area contributed by atoms with E-state index in [9.17, 15) is 13.2 Å². The fourth-order valence-electron chi connectivity index (χ4n) is 2.28. The number of halogens is 3. The molecule has 102 valence electrons. The van der Waals surface area contributed by atoms with E-state index in [1.165, 1.54) is 0 Å². The molecule has 1 aliphatic heterocycles. The second kappa shape index (κ2) is 6.04. The van der Waals surface area contributed by atoms with E-state index in [4.69, 9.17) is 0 Å². The summed E-state index contributed by atoms with van der Waals surface area (Å²) in [6.45, 7) is 3.35. The van der Waals surface area contributed by atoms with Crippen LogP contribution in [0, 0.1) is 0 Å². The van der Waals surface area contributed by atoms with E-state index in [1.54, 1.807) is 11.3 Å². The van der Waals surface area contributed by atoms with Gasteiger partial charge in [0.1, 0.15) is 0 Å². The number of alkyl halides is 3. The molecule has 2 heterocycles. The lowest BCUT2D eigenvalue weighted by atomic mass is 10.1. The van der Waals surface area contributed by atoms with Gasteiger partial charge in [0, 0.05) is 43.5 Å². The Balaban J connectivity index is 2.03. The van der Waals surface area contributed by atoms with E-state index in [0.717, 1.165) is 31.1 Å².